The zero-order valence-corrected chi connectivity index (χ0v) is 17.7. The van der Waals surface area contributed by atoms with E-state index in [2.05, 4.69) is 16.7 Å². The highest BCUT2D eigenvalue weighted by atomic mass is 32.2. The van der Waals surface area contributed by atoms with Gasteiger partial charge < -0.3 is 15.4 Å². The number of carbonyl (C=O) groups excluding carboxylic acids is 2. The number of thioether (sulfide) groups is 2. The van der Waals surface area contributed by atoms with Crippen molar-refractivity contribution in [3.05, 3.63) is 59.7 Å². The molecule has 2 fully saturated rings. The fourth-order valence-electron chi connectivity index (χ4n) is 3.04. The normalized spacial score (nSPS) is 16.4. The minimum atomic E-state index is -0.155. The fourth-order valence-corrected chi connectivity index (χ4v) is 5.94. The van der Waals surface area contributed by atoms with Crippen molar-refractivity contribution < 1.29 is 14.3 Å². The van der Waals surface area contributed by atoms with Crippen LogP contribution in [-0.4, -0.2) is 29.9 Å². The third-order valence-corrected chi connectivity index (χ3v) is 7.88. The second-order valence-electron chi connectivity index (χ2n) is 7.14. The molecule has 0 atom stereocenters. The van der Waals surface area contributed by atoms with Crippen LogP contribution < -0.4 is 15.4 Å². The molecule has 1 aliphatic heterocycles. The Hall–Kier alpha value is -2.12. The summed E-state index contributed by atoms with van der Waals surface area (Å²) in [5.41, 5.74) is 2.91. The molecule has 152 valence electrons. The number of amides is 2. The Bertz CT molecular complexity index is 863. The van der Waals surface area contributed by atoms with Gasteiger partial charge in [0, 0.05) is 35.2 Å². The number of hydrogen-bond donors (Lipinski definition) is 2. The second-order valence-corrected chi connectivity index (χ2v) is 9.86. The van der Waals surface area contributed by atoms with Gasteiger partial charge in [-0.25, -0.2) is 0 Å². The molecule has 5 nitrogen and oxygen atoms in total. The minimum absolute atomic E-state index is 0.00536. The van der Waals surface area contributed by atoms with E-state index in [0.717, 1.165) is 46.9 Å². The first-order valence-electron chi connectivity index (χ1n) is 9.80. The molecule has 29 heavy (non-hydrogen) atoms. The van der Waals surface area contributed by atoms with Gasteiger partial charge in [-0.1, -0.05) is 30.3 Å². The number of anilines is 1. The highest BCUT2D eigenvalue weighted by Gasteiger charge is 2.29. The lowest BCUT2D eigenvalue weighted by Gasteiger charge is -2.15. The highest BCUT2D eigenvalue weighted by molar-refractivity contribution is 8.19. The molecule has 4 rings (SSSR count). The number of rotatable bonds is 8. The maximum absolute atomic E-state index is 12.2. The van der Waals surface area contributed by atoms with Gasteiger partial charge in [0.25, 0.3) is 5.91 Å². The van der Waals surface area contributed by atoms with Gasteiger partial charge in [-0.15, -0.1) is 23.5 Å². The quantitative estimate of drug-likeness (QED) is 0.659. The Morgan fingerprint density at radius 3 is 2.45 bits per heavy atom. The molecule has 2 amide bonds. The summed E-state index contributed by atoms with van der Waals surface area (Å²) in [5, 5.41) is 5.80. The molecule has 1 aliphatic carbocycles. The van der Waals surface area contributed by atoms with E-state index in [4.69, 9.17) is 4.74 Å². The number of nitrogens with one attached hydrogen (secondary N) is 2. The second kappa shape index (κ2) is 9.59. The summed E-state index contributed by atoms with van der Waals surface area (Å²) in [7, 11) is 0. The van der Waals surface area contributed by atoms with Crippen LogP contribution in [-0.2, 0) is 16.1 Å². The molecule has 0 unspecified atom stereocenters. The van der Waals surface area contributed by atoms with Gasteiger partial charge in [-0.2, -0.15) is 0 Å². The van der Waals surface area contributed by atoms with E-state index in [0.29, 0.717) is 11.1 Å². The largest absolute Gasteiger partial charge is 0.483 e. The molecule has 0 bridgehead atoms. The Kier molecular flexibility index (Phi) is 6.67. The van der Waals surface area contributed by atoms with Crippen molar-refractivity contribution in [2.75, 3.05) is 23.4 Å². The van der Waals surface area contributed by atoms with Crippen molar-refractivity contribution in [2.45, 2.75) is 24.0 Å². The Morgan fingerprint density at radius 1 is 1.00 bits per heavy atom. The van der Waals surface area contributed by atoms with Gasteiger partial charge in [-0.3, -0.25) is 9.59 Å². The lowest BCUT2D eigenvalue weighted by molar-refractivity contribution is -0.123. The van der Waals surface area contributed by atoms with Gasteiger partial charge in [0.1, 0.15) is 5.75 Å². The standard InChI is InChI=1S/C22H24N2O3S2/c25-20(14-27-19-4-2-1-3-18(19)22-28-11-12-29-22)23-13-15-5-9-17(10-6-15)24-21(26)16-7-8-16/h1-6,9-10,16,22H,7-8,11-14H2,(H,23,25)(H,24,26). The van der Waals surface area contributed by atoms with Crippen molar-refractivity contribution >= 4 is 41.0 Å². The molecule has 0 radical (unpaired) electrons. The van der Waals surface area contributed by atoms with Gasteiger partial charge >= 0.3 is 0 Å². The average molecular weight is 429 g/mol. The van der Waals surface area contributed by atoms with E-state index in [1.807, 2.05) is 66.0 Å². The molecule has 2 N–H and O–H groups in total. The number of benzene rings is 2. The number of hydrogen-bond acceptors (Lipinski definition) is 5. The Balaban J connectivity index is 1.24. The lowest BCUT2D eigenvalue weighted by Crippen LogP contribution is -2.28. The van der Waals surface area contributed by atoms with Crippen molar-refractivity contribution in [1.82, 2.24) is 5.32 Å². The minimum Gasteiger partial charge on any atom is -0.483 e. The highest BCUT2D eigenvalue weighted by Crippen LogP contribution is 2.48. The summed E-state index contributed by atoms with van der Waals surface area (Å²) >= 11 is 3.83. The first-order valence-corrected chi connectivity index (χ1v) is 11.9. The van der Waals surface area contributed by atoms with E-state index in [1.165, 1.54) is 0 Å². The van der Waals surface area contributed by atoms with Crippen LogP contribution in [0.1, 0.15) is 28.6 Å². The van der Waals surface area contributed by atoms with Crippen LogP contribution in [0.4, 0.5) is 5.69 Å². The molecular formula is C22H24N2O3S2. The third-order valence-electron chi connectivity index (χ3n) is 4.81. The summed E-state index contributed by atoms with van der Waals surface area (Å²) in [6.07, 6.45) is 1.97. The van der Waals surface area contributed by atoms with E-state index in [-0.39, 0.29) is 24.3 Å². The van der Waals surface area contributed by atoms with Crippen LogP contribution in [0, 0.1) is 5.92 Å². The van der Waals surface area contributed by atoms with Crippen molar-refractivity contribution in [3.63, 3.8) is 0 Å². The summed E-state index contributed by atoms with van der Waals surface area (Å²) in [4.78, 5) is 24.0. The summed E-state index contributed by atoms with van der Waals surface area (Å²) < 4.78 is 6.19. The topological polar surface area (TPSA) is 67.4 Å². The number of carbonyl (C=O) groups is 2. The molecule has 0 spiro atoms. The average Bonchev–Trinajstić information content (AvgIpc) is 3.47. The molecule has 7 heteroatoms. The van der Waals surface area contributed by atoms with Crippen molar-refractivity contribution in [3.8, 4) is 5.75 Å². The lowest BCUT2D eigenvalue weighted by atomic mass is 10.2. The van der Waals surface area contributed by atoms with E-state index < -0.39 is 0 Å². The smallest absolute Gasteiger partial charge is 0.258 e. The van der Waals surface area contributed by atoms with Gasteiger partial charge in [-0.05, 0) is 36.6 Å². The molecule has 1 saturated heterocycles. The molecule has 1 heterocycles. The zero-order valence-electron chi connectivity index (χ0n) is 16.1. The Labute approximate surface area is 179 Å². The van der Waals surface area contributed by atoms with Crippen molar-refractivity contribution in [2.24, 2.45) is 5.92 Å². The fraction of sp³-hybridized carbons (Fsp3) is 0.364. The van der Waals surface area contributed by atoms with Crippen LogP contribution in [0.25, 0.3) is 0 Å². The molecule has 2 aromatic carbocycles. The van der Waals surface area contributed by atoms with Crippen LogP contribution in [0.5, 0.6) is 5.75 Å². The molecule has 2 aliphatic rings. The van der Waals surface area contributed by atoms with Crippen LogP contribution in [0.2, 0.25) is 0 Å². The molecule has 1 saturated carbocycles. The predicted molar refractivity (Wildman–Crippen MR) is 119 cm³/mol. The van der Waals surface area contributed by atoms with Crippen LogP contribution >= 0.6 is 23.5 Å². The molecular weight excluding hydrogens is 404 g/mol. The Morgan fingerprint density at radius 2 is 1.72 bits per heavy atom. The maximum Gasteiger partial charge on any atom is 0.258 e. The molecule has 2 aromatic rings. The van der Waals surface area contributed by atoms with Gasteiger partial charge in [0.2, 0.25) is 5.91 Å². The third kappa shape index (κ3) is 5.70. The van der Waals surface area contributed by atoms with E-state index >= 15 is 0 Å². The summed E-state index contributed by atoms with van der Waals surface area (Å²) in [6, 6.07) is 15.5. The molecule has 0 aromatic heterocycles. The maximum atomic E-state index is 12.2. The zero-order chi connectivity index (χ0) is 20.1. The number of ether oxygens (including phenoxy) is 1. The van der Waals surface area contributed by atoms with Gasteiger partial charge in [0.15, 0.2) is 6.61 Å². The SMILES string of the molecule is O=C(COc1ccccc1C1SCCS1)NCc1ccc(NC(=O)C2CC2)cc1. The van der Waals surface area contributed by atoms with Crippen LogP contribution in [0.3, 0.4) is 0 Å². The predicted octanol–water partition coefficient (Wildman–Crippen LogP) is 4.21. The van der Waals surface area contributed by atoms with E-state index in [9.17, 15) is 9.59 Å². The van der Waals surface area contributed by atoms with Crippen molar-refractivity contribution in [1.29, 1.82) is 0 Å². The summed E-state index contributed by atoms with van der Waals surface area (Å²) in [6.45, 7) is 0.420. The first-order chi connectivity index (χ1) is 14.2. The van der Waals surface area contributed by atoms with E-state index in [1.54, 1.807) is 0 Å². The monoisotopic (exact) mass is 428 g/mol. The number of para-hydroxylation sites is 1. The van der Waals surface area contributed by atoms with Gasteiger partial charge in [0.05, 0.1) is 4.58 Å². The summed E-state index contributed by atoms with van der Waals surface area (Å²) in [5.74, 6) is 3.20. The van der Waals surface area contributed by atoms with Crippen LogP contribution in [0.15, 0.2) is 48.5 Å². The first kappa shape index (κ1) is 20.2.